The summed E-state index contributed by atoms with van der Waals surface area (Å²) in [4.78, 5) is 15.9. The van der Waals surface area contributed by atoms with Crippen LogP contribution in [-0.2, 0) is 13.1 Å². The molecule has 0 aliphatic rings. The van der Waals surface area contributed by atoms with Crippen molar-refractivity contribution in [1.82, 2.24) is 20.6 Å². The highest BCUT2D eigenvalue weighted by Gasteiger charge is 2.05. The van der Waals surface area contributed by atoms with Crippen molar-refractivity contribution in [2.75, 3.05) is 6.54 Å². The number of guanidine groups is 1. The second-order valence-electron chi connectivity index (χ2n) is 4.66. The van der Waals surface area contributed by atoms with Crippen molar-refractivity contribution in [3.05, 3.63) is 31.7 Å². The second kappa shape index (κ2) is 7.51. The first-order valence-electron chi connectivity index (χ1n) is 6.95. The molecule has 2 heterocycles. The first kappa shape index (κ1) is 15.9. The summed E-state index contributed by atoms with van der Waals surface area (Å²) in [5.41, 5.74) is 1.11. The summed E-state index contributed by atoms with van der Waals surface area (Å²) in [6.45, 7) is 10.4. The molecule has 7 heteroatoms. The van der Waals surface area contributed by atoms with Crippen LogP contribution in [0.15, 0.2) is 11.2 Å². The lowest BCUT2D eigenvalue weighted by molar-refractivity contribution is 0.809. The highest BCUT2D eigenvalue weighted by molar-refractivity contribution is 7.11. The van der Waals surface area contributed by atoms with E-state index in [4.69, 9.17) is 0 Å². The minimum Gasteiger partial charge on any atom is -0.357 e. The number of aryl methyl sites for hydroxylation is 3. The van der Waals surface area contributed by atoms with Gasteiger partial charge in [0.2, 0.25) is 0 Å². The van der Waals surface area contributed by atoms with Gasteiger partial charge >= 0.3 is 0 Å². The first-order chi connectivity index (χ1) is 10.1. The summed E-state index contributed by atoms with van der Waals surface area (Å²) in [5.74, 6) is 0.802. The molecule has 2 aromatic rings. The molecule has 0 aromatic carbocycles. The van der Waals surface area contributed by atoms with Crippen LogP contribution in [0, 0.1) is 20.8 Å². The van der Waals surface area contributed by atoms with Crippen LogP contribution in [0.25, 0.3) is 0 Å². The maximum atomic E-state index is 4.56. The van der Waals surface area contributed by atoms with E-state index in [1.807, 2.05) is 13.1 Å². The third-order valence-electron chi connectivity index (χ3n) is 2.87. The monoisotopic (exact) mass is 323 g/mol. The van der Waals surface area contributed by atoms with Crippen LogP contribution < -0.4 is 10.6 Å². The SMILES string of the molecule is CCNC(=NCc1ncc(C)s1)NCc1nc(C)c(C)s1. The normalized spacial score (nSPS) is 11.7. The van der Waals surface area contributed by atoms with E-state index in [0.29, 0.717) is 13.1 Å². The fourth-order valence-corrected chi connectivity index (χ4v) is 3.32. The van der Waals surface area contributed by atoms with Crippen molar-refractivity contribution in [1.29, 1.82) is 0 Å². The maximum Gasteiger partial charge on any atom is 0.192 e. The Hall–Kier alpha value is -1.47. The van der Waals surface area contributed by atoms with Crippen molar-refractivity contribution in [2.45, 2.75) is 40.8 Å². The van der Waals surface area contributed by atoms with E-state index in [1.54, 1.807) is 22.7 Å². The lowest BCUT2D eigenvalue weighted by atomic mass is 10.4. The molecule has 0 atom stereocenters. The molecular formula is C14H21N5S2. The molecule has 0 saturated heterocycles. The topological polar surface area (TPSA) is 62.2 Å². The molecule has 5 nitrogen and oxygen atoms in total. The molecule has 114 valence electrons. The molecule has 0 aliphatic heterocycles. The van der Waals surface area contributed by atoms with Crippen LogP contribution in [0.3, 0.4) is 0 Å². The average Bonchev–Trinajstić information content (AvgIpc) is 3.00. The van der Waals surface area contributed by atoms with Crippen molar-refractivity contribution in [3.63, 3.8) is 0 Å². The number of thiazole rings is 2. The van der Waals surface area contributed by atoms with E-state index in [0.717, 1.165) is 28.2 Å². The Balaban J connectivity index is 1.94. The minimum absolute atomic E-state index is 0.601. The van der Waals surface area contributed by atoms with Gasteiger partial charge in [0, 0.05) is 22.5 Å². The molecule has 2 rings (SSSR count). The summed E-state index contributed by atoms with van der Waals surface area (Å²) in [5, 5.41) is 8.68. The Morgan fingerprint density at radius 2 is 2.00 bits per heavy atom. The molecule has 2 N–H and O–H groups in total. The second-order valence-corrected chi connectivity index (χ2v) is 7.27. The largest absolute Gasteiger partial charge is 0.357 e. The van der Waals surface area contributed by atoms with Gasteiger partial charge in [-0.3, -0.25) is 0 Å². The molecular weight excluding hydrogens is 302 g/mol. The number of hydrogen-bond acceptors (Lipinski definition) is 5. The summed E-state index contributed by atoms with van der Waals surface area (Å²) < 4.78 is 0. The van der Waals surface area contributed by atoms with E-state index in [2.05, 4.69) is 46.4 Å². The first-order valence-corrected chi connectivity index (χ1v) is 8.58. The van der Waals surface area contributed by atoms with Gasteiger partial charge in [0.25, 0.3) is 0 Å². The molecule has 2 aromatic heterocycles. The van der Waals surface area contributed by atoms with Gasteiger partial charge in [-0.15, -0.1) is 22.7 Å². The molecule has 0 spiro atoms. The van der Waals surface area contributed by atoms with Crippen molar-refractivity contribution >= 4 is 28.6 Å². The molecule has 0 unspecified atom stereocenters. The highest BCUT2D eigenvalue weighted by Crippen LogP contribution is 2.16. The van der Waals surface area contributed by atoms with Gasteiger partial charge in [-0.1, -0.05) is 0 Å². The van der Waals surface area contributed by atoms with Crippen LogP contribution in [0.1, 0.15) is 32.4 Å². The molecule has 0 saturated carbocycles. The van der Waals surface area contributed by atoms with Gasteiger partial charge in [-0.25, -0.2) is 15.0 Å². The van der Waals surface area contributed by atoms with Gasteiger partial charge in [-0.05, 0) is 27.7 Å². The van der Waals surface area contributed by atoms with Gasteiger partial charge in [0.05, 0.1) is 18.8 Å². The van der Waals surface area contributed by atoms with E-state index < -0.39 is 0 Å². The standard InChI is InChI=1S/C14H21N5S2/c1-5-15-14(17-7-12-16-6-9(2)20-12)18-8-13-19-10(3)11(4)21-13/h6H,5,7-8H2,1-4H3,(H2,15,17,18). The molecule has 0 aliphatic carbocycles. The molecule has 0 radical (unpaired) electrons. The predicted molar refractivity (Wildman–Crippen MR) is 90.1 cm³/mol. The molecule has 0 amide bonds. The Morgan fingerprint density at radius 1 is 1.19 bits per heavy atom. The smallest absolute Gasteiger partial charge is 0.192 e. The quantitative estimate of drug-likeness (QED) is 0.656. The highest BCUT2D eigenvalue weighted by atomic mass is 32.1. The molecule has 0 bridgehead atoms. The zero-order chi connectivity index (χ0) is 15.2. The van der Waals surface area contributed by atoms with E-state index >= 15 is 0 Å². The van der Waals surface area contributed by atoms with E-state index in [-0.39, 0.29) is 0 Å². The van der Waals surface area contributed by atoms with Crippen LogP contribution in [0.2, 0.25) is 0 Å². The maximum absolute atomic E-state index is 4.56. The summed E-state index contributed by atoms with van der Waals surface area (Å²) in [6.07, 6.45) is 1.89. The molecule has 0 fully saturated rings. The van der Waals surface area contributed by atoms with Gasteiger partial charge in [-0.2, -0.15) is 0 Å². The third-order valence-corrected chi connectivity index (χ3v) is 4.84. The lowest BCUT2D eigenvalue weighted by Gasteiger charge is -2.09. The van der Waals surface area contributed by atoms with Gasteiger partial charge in [0.15, 0.2) is 5.96 Å². The van der Waals surface area contributed by atoms with Crippen LogP contribution in [0.4, 0.5) is 0 Å². The van der Waals surface area contributed by atoms with Crippen LogP contribution >= 0.6 is 22.7 Å². The van der Waals surface area contributed by atoms with Crippen molar-refractivity contribution in [2.24, 2.45) is 4.99 Å². The fourth-order valence-electron chi connectivity index (χ4n) is 1.74. The van der Waals surface area contributed by atoms with Crippen LogP contribution in [-0.4, -0.2) is 22.5 Å². The van der Waals surface area contributed by atoms with Gasteiger partial charge < -0.3 is 10.6 Å². The third kappa shape index (κ3) is 4.78. The average molecular weight is 323 g/mol. The number of nitrogens with zero attached hydrogens (tertiary/aromatic N) is 3. The predicted octanol–water partition coefficient (Wildman–Crippen LogP) is 2.78. The van der Waals surface area contributed by atoms with Crippen molar-refractivity contribution in [3.8, 4) is 0 Å². The number of hydrogen-bond donors (Lipinski definition) is 2. The minimum atomic E-state index is 0.601. The summed E-state index contributed by atoms with van der Waals surface area (Å²) in [7, 11) is 0. The number of aromatic nitrogens is 2. The summed E-state index contributed by atoms with van der Waals surface area (Å²) in [6, 6.07) is 0. The summed E-state index contributed by atoms with van der Waals surface area (Å²) >= 11 is 3.41. The fraction of sp³-hybridized carbons (Fsp3) is 0.500. The van der Waals surface area contributed by atoms with Gasteiger partial charge in [0.1, 0.15) is 10.0 Å². The van der Waals surface area contributed by atoms with E-state index in [1.165, 1.54) is 9.75 Å². The number of nitrogens with one attached hydrogen (secondary N) is 2. The Morgan fingerprint density at radius 3 is 2.57 bits per heavy atom. The zero-order valence-electron chi connectivity index (χ0n) is 12.9. The van der Waals surface area contributed by atoms with Crippen LogP contribution in [0.5, 0.6) is 0 Å². The zero-order valence-corrected chi connectivity index (χ0v) is 14.5. The van der Waals surface area contributed by atoms with Crippen molar-refractivity contribution < 1.29 is 0 Å². The van der Waals surface area contributed by atoms with E-state index in [9.17, 15) is 0 Å². The Bertz CT molecular complexity index is 595. The molecule has 21 heavy (non-hydrogen) atoms. The Labute approximate surface area is 133 Å². The number of aliphatic imine (C=N–C) groups is 1. The Kier molecular flexibility index (Phi) is 5.69. The number of rotatable bonds is 5. The lowest BCUT2D eigenvalue weighted by Crippen LogP contribution is -2.36.